The Bertz CT molecular complexity index is 3390. The third-order valence-corrected chi connectivity index (χ3v) is 12.6. The molecule has 0 N–H and O–H groups in total. The molecule has 2 heterocycles. The average Bonchev–Trinajstić information content (AvgIpc) is 3.73. The summed E-state index contributed by atoms with van der Waals surface area (Å²) in [5.41, 5.74) is 11.9. The molecule has 0 bridgehead atoms. The Morgan fingerprint density at radius 2 is 1.12 bits per heavy atom. The van der Waals surface area contributed by atoms with Crippen LogP contribution in [0.2, 0.25) is 0 Å². The maximum Gasteiger partial charge on any atom is 0.0828 e. The summed E-state index contributed by atoms with van der Waals surface area (Å²) in [4.78, 5) is 10.4. The van der Waals surface area contributed by atoms with Crippen LogP contribution in [0.4, 0.5) is 0 Å². The summed E-state index contributed by atoms with van der Waals surface area (Å²) in [7, 11) is 0. The molecule has 12 rings (SSSR count). The molecule has 0 radical (unpaired) electrons. The topological polar surface area (TPSA) is 43.8 Å². The van der Waals surface area contributed by atoms with Gasteiger partial charge in [-0.2, -0.15) is 0 Å². The number of para-hydroxylation sites is 1. The summed E-state index contributed by atoms with van der Waals surface area (Å²) in [6, 6.07) is 65.6. The lowest BCUT2D eigenvalue weighted by Gasteiger charge is -2.33. The molecule has 0 fully saturated rings. The molecule has 58 heavy (non-hydrogen) atoms. The molecular formula is C54H37N4-. The summed E-state index contributed by atoms with van der Waals surface area (Å²) in [5.74, 6) is 1.37. The normalized spacial score (nSPS) is 15.7. The number of aliphatic imine (C=N–C) groups is 2. The van der Waals surface area contributed by atoms with Crippen LogP contribution in [-0.2, 0) is 5.41 Å². The Kier molecular flexibility index (Phi) is 7.00. The monoisotopic (exact) mass is 741 g/mol. The Labute approximate surface area is 336 Å². The number of hydrogen-bond acceptors (Lipinski definition) is 2. The second-order valence-corrected chi connectivity index (χ2v) is 16.1. The number of aromatic nitrogens is 1. The van der Waals surface area contributed by atoms with Crippen LogP contribution in [0.25, 0.3) is 76.3 Å². The van der Waals surface area contributed by atoms with Crippen molar-refractivity contribution in [2.24, 2.45) is 9.98 Å². The van der Waals surface area contributed by atoms with Gasteiger partial charge < -0.3 is 14.9 Å². The zero-order chi connectivity index (χ0) is 38.5. The van der Waals surface area contributed by atoms with E-state index in [1.165, 1.54) is 71.0 Å². The van der Waals surface area contributed by atoms with Crippen LogP contribution < -0.4 is 0 Å². The first-order chi connectivity index (χ1) is 28.5. The van der Waals surface area contributed by atoms with Crippen molar-refractivity contribution in [2.45, 2.75) is 25.4 Å². The van der Waals surface area contributed by atoms with E-state index in [4.69, 9.17) is 15.3 Å². The van der Waals surface area contributed by atoms with E-state index >= 15 is 0 Å². The first kappa shape index (κ1) is 32.9. The second-order valence-electron chi connectivity index (χ2n) is 16.1. The molecular weight excluding hydrogens is 705 g/mol. The molecule has 2 aliphatic rings. The van der Waals surface area contributed by atoms with Crippen LogP contribution in [0, 0.1) is 0 Å². The minimum atomic E-state index is -0.501. The first-order valence-corrected chi connectivity index (χ1v) is 20.1. The molecule has 1 aromatic heterocycles. The largest absolute Gasteiger partial charge is 0.438 e. The number of rotatable bonds is 4. The third-order valence-electron chi connectivity index (χ3n) is 12.6. The minimum absolute atomic E-state index is 0.123. The zero-order valence-electron chi connectivity index (χ0n) is 32.2. The standard InChI is InChI=1S/C54H37N4/c1-54(2)44-28-13-11-22-36(44)42-31-43-37-23-12-14-29-46(37)58(48(43)32-45(42)54)47-30-16-26-40-49-38(35-21-9-10-24-39(35)50(40)47)25-15-27-41(49)53-56-51(33-17-5-3-6-18-33)55-52(57-53)34-19-7-4-8-20-34/h3-32,53H,1-2H3/q-1. The number of benzene rings is 9. The third kappa shape index (κ3) is 4.69. The van der Waals surface area contributed by atoms with Gasteiger partial charge >= 0.3 is 0 Å². The molecule has 1 unspecified atom stereocenters. The molecule has 1 atom stereocenters. The molecule has 1 aliphatic carbocycles. The van der Waals surface area contributed by atoms with E-state index in [2.05, 4.69) is 164 Å². The highest BCUT2D eigenvalue weighted by Gasteiger charge is 2.36. The van der Waals surface area contributed by atoms with Crippen LogP contribution in [0.1, 0.15) is 47.8 Å². The van der Waals surface area contributed by atoms with E-state index in [0.717, 1.165) is 27.8 Å². The van der Waals surface area contributed by atoms with Crippen molar-refractivity contribution in [1.29, 1.82) is 0 Å². The highest BCUT2D eigenvalue weighted by Crippen LogP contribution is 2.52. The highest BCUT2D eigenvalue weighted by molar-refractivity contribution is 6.29. The molecule has 0 saturated heterocycles. The Morgan fingerprint density at radius 1 is 0.483 bits per heavy atom. The maximum atomic E-state index is 5.31. The number of fused-ring (bicyclic) bond motifs is 12. The van der Waals surface area contributed by atoms with Crippen molar-refractivity contribution in [3.63, 3.8) is 0 Å². The van der Waals surface area contributed by atoms with Gasteiger partial charge in [0, 0.05) is 21.6 Å². The first-order valence-electron chi connectivity index (χ1n) is 20.1. The van der Waals surface area contributed by atoms with Crippen molar-refractivity contribution < 1.29 is 0 Å². The van der Waals surface area contributed by atoms with Crippen LogP contribution >= 0.6 is 0 Å². The fourth-order valence-electron chi connectivity index (χ4n) is 9.90. The van der Waals surface area contributed by atoms with Crippen LogP contribution in [0.5, 0.6) is 0 Å². The van der Waals surface area contributed by atoms with Gasteiger partial charge in [-0.15, -0.1) is 0 Å². The van der Waals surface area contributed by atoms with Gasteiger partial charge in [-0.25, -0.2) is 0 Å². The predicted molar refractivity (Wildman–Crippen MR) is 243 cm³/mol. The van der Waals surface area contributed by atoms with E-state index in [1.54, 1.807) is 0 Å². The zero-order valence-corrected chi connectivity index (χ0v) is 32.2. The lowest BCUT2D eigenvalue weighted by Crippen LogP contribution is -2.16. The van der Waals surface area contributed by atoms with Gasteiger partial charge in [-0.05, 0) is 90.1 Å². The van der Waals surface area contributed by atoms with Crippen molar-refractivity contribution in [3.8, 4) is 16.8 Å². The summed E-state index contributed by atoms with van der Waals surface area (Å²) < 4.78 is 2.52. The van der Waals surface area contributed by atoms with Gasteiger partial charge in [0.15, 0.2) is 0 Å². The van der Waals surface area contributed by atoms with Crippen LogP contribution in [0.3, 0.4) is 0 Å². The Morgan fingerprint density at radius 3 is 1.95 bits per heavy atom. The van der Waals surface area contributed by atoms with E-state index in [9.17, 15) is 0 Å². The molecule has 0 amide bonds. The molecule has 4 nitrogen and oxygen atoms in total. The molecule has 4 heteroatoms. The summed E-state index contributed by atoms with van der Waals surface area (Å²) in [6.45, 7) is 4.73. The van der Waals surface area contributed by atoms with E-state index in [1.807, 2.05) is 36.4 Å². The smallest absolute Gasteiger partial charge is 0.0828 e. The fraction of sp³-hybridized carbons (Fsp3) is 0.0741. The number of nitrogens with zero attached hydrogens (tertiary/aromatic N) is 4. The number of hydrogen-bond donors (Lipinski definition) is 0. The fourth-order valence-corrected chi connectivity index (χ4v) is 9.90. The van der Waals surface area contributed by atoms with Gasteiger partial charge in [0.25, 0.3) is 0 Å². The van der Waals surface area contributed by atoms with E-state index < -0.39 is 6.17 Å². The maximum absolute atomic E-state index is 5.31. The van der Waals surface area contributed by atoms with Gasteiger partial charge in [0.1, 0.15) is 0 Å². The van der Waals surface area contributed by atoms with Gasteiger partial charge in [0.05, 0.1) is 28.7 Å². The lowest BCUT2D eigenvalue weighted by atomic mass is 9.82. The Balaban J connectivity index is 1.16. The van der Waals surface area contributed by atoms with Crippen molar-refractivity contribution in [1.82, 2.24) is 4.57 Å². The Hall–Kier alpha value is -7.30. The predicted octanol–water partition coefficient (Wildman–Crippen LogP) is 13.8. The van der Waals surface area contributed by atoms with Gasteiger partial charge in [-0.1, -0.05) is 177 Å². The van der Waals surface area contributed by atoms with Crippen molar-refractivity contribution >= 4 is 65.8 Å². The summed E-state index contributed by atoms with van der Waals surface area (Å²) in [5, 5.41) is 15.0. The molecule has 274 valence electrons. The molecule has 9 aromatic carbocycles. The van der Waals surface area contributed by atoms with Crippen LogP contribution in [-0.4, -0.2) is 16.2 Å². The SMILES string of the molecule is CC1(C)c2ccccc2-c2cc3c4ccccc4n(-c4cccc5c6c(C7N=C(c8ccccc8)N=C(c8ccccc8)[N-]7)cccc6c6ccccc6c45)c3cc21. The second kappa shape index (κ2) is 12.3. The lowest BCUT2D eigenvalue weighted by molar-refractivity contribution is 0.661. The van der Waals surface area contributed by atoms with Gasteiger partial charge in [0.2, 0.25) is 0 Å². The van der Waals surface area contributed by atoms with E-state index in [0.29, 0.717) is 11.7 Å². The summed E-state index contributed by atoms with van der Waals surface area (Å²) in [6.07, 6.45) is -0.501. The van der Waals surface area contributed by atoms with Crippen molar-refractivity contribution in [3.05, 3.63) is 215 Å². The average molecular weight is 742 g/mol. The van der Waals surface area contributed by atoms with Crippen LogP contribution in [0.15, 0.2) is 192 Å². The van der Waals surface area contributed by atoms with Crippen molar-refractivity contribution in [2.75, 3.05) is 0 Å². The summed E-state index contributed by atoms with van der Waals surface area (Å²) >= 11 is 0. The minimum Gasteiger partial charge on any atom is -0.438 e. The quantitative estimate of drug-likeness (QED) is 0.161. The number of amidine groups is 2. The van der Waals surface area contributed by atoms with Gasteiger partial charge in [-0.3, -0.25) is 4.99 Å². The molecule has 1 aliphatic heterocycles. The van der Waals surface area contributed by atoms with E-state index in [-0.39, 0.29) is 5.41 Å². The molecule has 10 aromatic rings. The molecule has 0 spiro atoms. The molecule has 0 saturated carbocycles. The highest BCUT2D eigenvalue weighted by atomic mass is 15.2.